The third kappa shape index (κ3) is 4.51. The molecule has 1 N–H and O–H groups in total. The molecule has 6 heteroatoms. The quantitative estimate of drug-likeness (QED) is 0.905. The minimum atomic E-state index is -0.148. The number of rotatable bonds is 4. The Balaban J connectivity index is 1.92. The molecule has 1 heterocycles. The van der Waals surface area contributed by atoms with Crippen LogP contribution >= 0.6 is 23.2 Å². The van der Waals surface area contributed by atoms with Gasteiger partial charge in [-0.1, -0.05) is 29.3 Å². The maximum Gasteiger partial charge on any atom is 0.317 e. The highest BCUT2D eigenvalue weighted by Crippen LogP contribution is 2.26. The number of nitrogens with zero attached hydrogens (tertiary/aromatic N) is 2. The van der Waals surface area contributed by atoms with Crippen molar-refractivity contribution in [3.63, 3.8) is 0 Å². The van der Waals surface area contributed by atoms with Crippen molar-refractivity contribution < 1.29 is 4.79 Å². The number of urea groups is 1. The number of benzene rings is 1. The van der Waals surface area contributed by atoms with E-state index in [0.29, 0.717) is 16.0 Å². The maximum absolute atomic E-state index is 12.4. The van der Waals surface area contributed by atoms with E-state index in [0.717, 1.165) is 31.6 Å². The van der Waals surface area contributed by atoms with Gasteiger partial charge < -0.3 is 15.1 Å². The largest absolute Gasteiger partial charge is 0.331 e. The number of carbonyl (C=O) groups excluding carboxylic acids is 1. The van der Waals surface area contributed by atoms with Crippen LogP contribution in [0.5, 0.6) is 0 Å². The van der Waals surface area contributed by atoms with Gasteiger partial charge in [0, 0.05) is 29.7 Å². The third-order valence-corrected chi connectivity index (χ3v) is 4.53. The first-order valence-corrected chi connectivity index (χ1v) is 8.27. The highest BCUT2D eigenvalue weighted by Gasteiger charge is 2.27. The molecule has 1 saturated heterocycles. The summed E-state index contributed by atoms with van der Waals surface area (Å²) in [6.45, 7) is 4.57. The van der Waals surface area contributed by atoms with Crippen LogP contribution in [0.15, 0.2) is 18.2 Å². The molecule has 0 radical (unpaired) electrons. The zero-order valence-electron chi connectivity index (χ0n) is 13.3. The second kappa shape index (κ2) is 7.53. The van der Waals surface area contributed by atoms with E-state index in [9.17, 15) is 4.79 Å². The summed E-state index contributed by atoms with van der Waals surface area (Å²) in [6.07, 6.45) is 1.06. The van der Waals surface area contributed by atoms with Crippen molar-refractivity contribution >= 4 is 29.2 Å². The van der Waals surface area contributed by atoms with Gasteiger partial charge in [-0.15, -0.1) is 0 Å². The molecule has 1 aliphatic heterocycles. The Morgan fingerprint density at radius 3 is 2.82 bits per heavy atom. The fourth-order valence-corrected chi connectivity index (χ4v) is 3.46. The van der Waals surface area contributed by atoms with E-state index in [1.165, 1.54) is 0 Å². The predicted molar refractivity (Wildman–Crippen MR) is 91.6 cm³/mol. The SMILES string of the molecule is C[C@@H](NC(=O)N1CC[C@H](CN(C)C)C1)c1ccc(Cl)cc1Cl. The van der Waals surface area contributed by atoms with Crippen LogP contribution < -0.4 is 5.32 Å². The monoisotopic (exact) mass is 343 g/mol. The number of hydrogen-bond acceptors (Lipinski definition) is 2. The van der Waals surface area contributed by atoms with E-state index in [-0.39, 0.29) is 12.1 Å². The summed E-state index contributed by atoms with van der Waals surface area (Å²) in [7, 11) is 4.13. The molecule has 0 aliphatic carbocycles. The Morgan fingerprint density at radius 1 is 1.45 bits per heavy atom. The van der Waals surface area contributed by atoms with Gasteiger partial charge in [-0.25, -0.2) is 4.79 Å². The molecular weight excluding hydrogens is 321 g/mol. The molecule has 0 spiro atoms. The van der Waals surface area contributed by atoms with E-state index in [1.807, 2.05) is 17.9 Å². The first-order valence-electron chi connectivity index (χ1n) is 7.52. The standard InChI is InChI=1S/C16H23Cl2N3O/c1-11(14-5-4-13(17)8-15(14)18)19-16(22)21-7-6-12(10-21)9-20(2)3/h4-5,8,11-12H,6-7,9-10H2,1-3H3,(H,19,22)/t11-,12-/m1/s1. The summed E-state index contributed by atoms with van der Waals surface area (Å²) in [5.74, 6) is 0.551. The van der Waals surface area contributed by atoms with Gasteiger partial charge in [-0.3, -0.25) is 0 Å². The minimum Gasteiger partial charge on any atom is -0.331 e. The van der Waals surface area contributed by atoms with Crippen molar-refractivity contribution in [2.45, 2.75) is 19.4 Å². The molecule has 2 rings (SSSR count). The molecular formula is C16H23Cl2N3O. The lowest BCUT2D eigenvalue weighted by Gasteiger charge is -2.22. The summed E-state index contributed by atoms with van der Waals surface area (Å²) in [5.41, 5.74) is 0.878. The predicted octanol–water partition coefficient (Wildman–Crippen LogP) is 3.65. The van der Waals surface area contributed by atoms with Gasteiger partial charge in [0.15, 0.2) is 0 Å². The van der Waals surface area contributed by atoms with Crippen LogP contribution in [-0.2, 0) is 0 Å². The zero-order valence-corrected chi connectivity index (χ0v) is 14.8. The first-order chi connectivity index (χ1) is 10.4. The number of nitrogens with one attached hydrogen (secondary N) is 1. The second-order valence-electron chi connectivity index (χ2n) is 6.20. The minimum absolute atomic E-state index is 0.0280. The molecule has 1 aromatic carbocycles. The van der Waals surface area contributed by atoms with Gasteiger partial charge in [0.1, 0.15) is 0 Å². The Bertz CT molecular complexity index is 536. The summed E-state index contributed by atoms with van der Waals surface area (Å²) < 4.78 is 0. The van der Waals surface area contributed by atoms with E-state index < -0.39 is 0 Å². The lowest BCUT2D eigenvalue weighted by molar-refractivity contribution is 0.202. The maximum atomic E-state index is 12.4. The zero-order chi connectivity index (χ0) is 16.3. The molecule has 0 aromatic heterocycles. The van der Waals surface area contributed by atoms with Crippen molar-refractivity contribution in [1.82, 2.24) is 15.1 Å². The Morgan fingerprint density at radius 2 is 2.18 bits per heavy atom. The van der Waals surface area contributed by atoms with E-state index in [1.54, 1.807) is 12.1 Å². The highest BCUT2D eigenvalue weighted by atomic mass is 35.5. The average Bonchev–Trinajstić information content (AvgIpc) is 2.86. The Kier molecular flexibility index (Phi) is 5.95. The molecule has 1 fully saturated rings. The molecule has 22 heavy (non-hydrogen) atoms. The summed E-state index contributed by atoms with van der Waals surface area (Å²) in [4.78, 5) is 16.4. The molecule has 0 saturated carbocycles. The second-order valence-corrected chi connectivity index (χ2v) is 7.04. The van der Waals surface area contributed by atoms with Crippen LogP contribution in [0.4, 0.5) is 4.79 Å². The van der Waals surface area contributed by atoms with Crippen LogP contribution in [0, 0.1) is 5.92 Å². The lowest BCUT2D eigenvalue weighted by atomic mass is 10.1. The number of amides is 2. The molecule has 1 aromatic rings. The van der Waals surface area contributed by atoms with Crippen molar-refractivity contribution in [2.24, 2.45) is 5.92 Å². The van der Waals surface area contributed by atoms with E-state index in [2.05, 4.69) is 24.3 Å². The fraction of sp³-hybridized carbons (Fsp3) is 0.562. The van der Waals surface area contributed by atoms with Crippen LogP contribution in [-0.4, -0.2) is 49.6 Å². The average molecular weight is 344 g/mol. The van der Waals surface area contributed by atoms with Crippen molar-refractivity contribution in [3.8, 4) is 0 Å². The molecule has 1 aliphatic rings. The first kappa shape index (κ1) is 17.4. The molecule has 0 unspecified atom stereocenters. The summed E-state index contributed by atoms with van der Waals surface area (Å²) in [5, 5.41) is 4.19. The van der Waals surface area contributed by atoms with E-state index >= 15 is 0 Å². The third-order valence-electron chi connectivity index (χ3n) is 3.97. The van der Waals surface area contributed by atoms with Crippen LogP contribution in [0.1, 0.15) is 24.9 Å². The number of carbonyl (C=O) groups is 1. The van der Waals surface area contributed by atoms with Gasteiger partial charge in [0.2, 0.25) is 0 Å². The van der Waals surface area contributed by atoms with Crippen LogP contribution in [0.2, 0.25) is 10.0 Å². The number of likely N-dealkylation sites (tertiary alicyclic amines) is 1. The number of hydrogen-bond donors (Lipinski definition) is 1. The topological polar surface area (TPSA) is 35.6 Å². The van der Waals surface area contributed by atoms with Crippen molar-refractivity contribution in [1.29, 1.82) is 0 Å². The summed E-state index contributed by atoms with van der Waals surface area (Å²) >= 11 is 12.1. The molecule has 2 atom stereocenters. The van der Waals surface area contributed by atoms with Crippen LogP contribution in [0.25, 0.3) is 0 Å². The highest BCUT2D eigenvalue weighted by molar-refractivity contribution is 6.35. The summed E-state index contributed by atoms with van der Waals surface area (Å²) in [6, 6.07) is 5.16. The van der Waals surface area contributed by atoms with Crippen LogP contribution in [0.3, 0.4) is 0 Å². The van der Waals surface area contributed by atoms with Gasteiger partial charge >= 0.3 is 6.03 Å². The number of halogens is 2. The van der Waals surface area contributed by atoms with Gasteiger partial charge in [0.05, 0.1) is 6.04 Å². The van der Waals surface area contributed by atoms with Gasteiger partial charge in [-0.2, -0.15) is 0 Å². The molecule has 2 amide bonds. The Labute approximate surface area is 142 Å². The lowest BCUT2D eigenvalue weighted by Crippen LogP contribution is -2.40. The normalized spacial score (nSPS) is 19.5. The van der Waals surface area contributed by atoms with E-state index in [4.69, 9.17) is 23.2 Å². The molecule has 0 bridgehead atoms. The molecule has 122 valence electrons. The van der Waals surface area contributed by atoms with Gasteiger partial charge in [0.25, 0.3) is 0 Å². The molecule has 4 nitrogen and oxygen atoms in total. The van der Waals surface area contributed by atoms with Crippen molar-refractivity contribution in [3.05, 3.63) is 33.8 Å². The fourth-order valence-electron chi connectivity index (χ4n) is 2.89. The Hall–Kier alpha value is -0.970. The van der Waals surface area contributed by atoms with Gasteiger partial charge in [-0.05, 0) is 51.1 Å². The smallest absolute Gasteiger partial charge is 0.317 e. The van der Waals surface area contributed by atoms with Crippen molar-refractivity contribution in [2.75, 3.05) is 33.7 Å².